The van der Waals surface area contributed by atoms with Crippen LogP contribution in [0.2, 0.25) is 0 Å². The van der Waals surface area contributed by atoms with E-state index in [1.165, 1.54) is 29.1 Å². The molecule has 5 N–H and O–H groups in total. The van der Waals surface area contributed by atoms with E-state index in [-0.39, 0.29) is 34.9 Å². The summed E-state index contributed by atoms with van der Waals surface area (Å²) in [4.78, 5) is 51.9. The first-order valence-corrected chi connectivity index (χ1v) is 10.7. The van der Waals surface area contributed by atoms with Crippen molar-refractivity contribution >= 4 is 36.3 Å². The maximum atomic E-state index is 12.5. The van der Waals surface area contributed by atoms with E-state index in [4.69, 9.17) is 14.5 Å². The number of hydrogen-bond acceptors (Lipinski definition) is 10. The Hall–Kier alpha value is -3.20. The number of aliphatic hydroxyl groups is 1. The van der Waals surface area contributed by atoms with Crippen molar-refractivity contribution in [2.45, 2.75) is 24.9 Å². The monoisotopic (exact) mass is 468 g/mol. The number of rotatable bonds is 7. The van der Waals surface area contributed by atoms with Crippen molar-refractivity contribution in [1.29, 1.82) is 0 Å². The number of H-pyrrole nitrogens is 1. The molecule has 3 heterocycles. The van der Waals surface area contributed by atoms with Gasteiger partial charge in [0, 0.05) is 12.5 Å². The predicted octanol–water partition coefficient (Wildman–Crippen LogP) is 0.529. The van der Waals surface area contributed by atoms with Gasteiger partial charge in [0.1, 0.15) is 24.1 Å². The molecule has 3 aromatic rings. The average molecular weight is 468 g/mol. The number of benzene rings is 1. The number of aliphatic hydroxyl groups excluding tert-OH is 1. The summed E-state index contributed by atoms with van der Waals surface area (Å²) >= 11 is 0. The minimum atomic E-state index is -4.84. The number of phosphoric ester groups is 1. The molecule has 3 atom stereocenters. The lowest BCUT2D eigenvalue weighted by atomic mass is 10.2. The summed E-state index contributed by atoms with van der Waals surface area (Å²) in [7, 11) is -4.84. The largest absolute Gasteiger partial charge is 0.469 e. The molecule has 2 aromatic heterocycles. The summed E-state index contributed by atoms with van der Waals surface area (Å²) in [6, 6.07) is 5.78. The van der Waals surface area contributed by atoms with Crippen LogP contribution in [0, 0.1) is 10.1 Å². The zero-order chi connectivity index (χ0) is 23.0. The Labute approximate surface area is 178 Å². The number of aromatic amines is 1. The van der Waals surface area contributed by atoms with E-state index >= 15 is 0 Å². The molecule has 0 spiro atoms. The first kappa shape index (κ1) is 22.0. The fourth-order valence-corrected chi connectivity index (χ4v) is 3.96. The molecule has 1 aliphatic heterocycles. The zero-order valence-electron chi connectivity index (χ0n) is 16.1. The molecular formula is C16H17N6O9P. The molecule has 170 valence electrons. The number of phosphoric acid groups is 1. The molecule has 0 radical (unpaired) electrons. The van der Waals surface area contributed by atoms with Crippen LogP contribution < -0.4 is 10.9 Å². The SMILES string of the molecule is O=c1[nH]c(Nc2ccccc2[N+](=O)[O-])nc2c1ncn2[C@H]1C[C@H](OP(=O)(O)O)[C@@H](CO)O1. The van der Waals surface area contributed by atoms with Crippen molar-refractivity contribution in [3.8, 4) is 0 Å². The Balaban J connectivity index is 1.68. The predicted molar refractivity (Wildman–Crippen MR) is 107 cm³/mol. The number of aromatic nitrogens is 4. The molecule has 1 aromatic carbocycles. The smallest absolute Gasteiger partial charge is 0.394 e. The molecule has 16 heteroatoms. The highest BCUT2D eigenvalue weighted by Crippen LogP contribution is 2.43. The van der Waals surface area contributed by atoms with Gasteiger partial charge in [-0.05, 0) is 6.07 Å². The normalized spacial score (nSPS) is 21.2. The molecule has 1 aliphatic rings. The molecule has 0 saturated carbocycles. The van der Waals surface area contributed by atoms with Crippen molar-refractivity contribution < 1.29 is 33.6 Å². The van der Waals surface area contributed by atoms with Crippen molar-refractivity contribution in [3.63, 3.8) is 0 Å². The Morgan fingerprint density at radius 3 is 2.84 bits per heavy atom. The molecule has 0 unspecified atom stereocenters. The summed E-state index contributed by atoms with van der Waals surface area (Å²) in [5.74, 6) is -0.0988. The number of anilines is 2. The minimum Gasteiger partial charge on any atom is -0.394 e. The number of nitro groups is 1. The lowest BCUT2D eigenvalue weighted by Crippen LogP contribution is -2.26. The zero-order valence-corrected chi connectivity index (χ0v) is 17.0. The van der Waals surface area contributed by atoms with Gasteiger partial charge < -0.3 is 24.9 Å². The van der Waals surface area contributed by atoms with Crippen LogP contribution in [-0.4, -0.2) is 58.2 Å². The summed E-state index contributed by atoms with van der Waals surface area (Å²) in [6.07, 6.45) is -1.86. The van der Waals surface area contributed by atoms with E-state index in [9.17, 15) is 24.6 Å². The van der Waals surface area contributed by atoms with Crippen molar-refractivity contribution in [2.75, 3.05) is 11.9 Å². The third-order valence-electron chi connectivity index (χ3n) is 4.73. The van der Waals surface area contributed by atoms with E-state index in [1.54, 1.807) is 6.07 Å². The van der Waals surface area contributed by atoms with Crippen LogP contribution in [0.4, 0.5) is 17.3 Å². The van der Waals surface area contributed by atoms with Crippen LogP contribution in [0.25, 0.3) is 11.2 Å². The van der Waals surface area contributed by atoms with E-state index in [1.807, 2.05) is 0 Å². The lowest BCUT2D eigenvalue weighted by molar-refractivity contribution is -0.383. The van der Waals surface area contributed by atoms with E-state index in [0.29, 0.717) is 0 Å². The molecule has 32 heavy (non-hydrogen) atoms. The van der Waals surface area contributed by atoms with Gasteiger partial charge in [-0.1, -0.05) is 12.1 Å². The maximum Gasteiger partial charge on any atom is 0.469 e. The van der Waals surface area contributed by atoms with Crippen molar-refractivity contribution in [3.05, 3.63) is 51.1 Å². The van der Waals surface area contributed by atoms with Crippen LogP contribution in [0.1, 0.15) is 12.6 Å². The third-order valence-corrected chi connectivity index (χ3v) is 5.27. The van der Waals surface area contributed by atoms with Crippen LogP contribution in [-0.2, 0) is 13.8 Å². The van der Waals surface area contributed by atoms with Gasteiger partial charge in [-0.2, -0.15) is 4.98 Å². The van der Waals surface area contributed by atoms with Gasteiger partial charge >= 0.3 is 7.82 Å². The third kappa shape index (κ3) is 4.38. The lowest BCUT2D eigenvalue weighted by Gasteiger charge is -2.16. The number of imidazole rings is 1. The number of ether oxygens (including phenoxy) is 1. The van der Waals surface area contributed by atoms with Gasteiger partial charge in [0.15, 0.2) is 11.2 Å². The molecule has 0 bridgehead atoms. The molecule has 1 saturated heterocycles. The second kappa shape index (κ2) is 8.38. The highest BCUT2D eigenvalue weighted by Gasteiger charge is 2.41. The Kier molecular flexibility index (Phi) is 5.77. The Bertz CT molecular complexity index is 1270. The molecule has 4 rings (SSSR count). The van der Waals surface area contributed by atoms with E-state index < -0.39 is 43.3 Å². The number of hydrogen-bond donors (Lipinski definition) is 5. The van der Waals surface area contributed by atoms with Crippen LogP contribution >= 0.6 is 7.82 Å². The van der Waals surface area contributed by atoms with Gasteiger partial charge in [-0.15, -0.1) is 0 Å². The second-order valence-corrected chi connectivity index (χ2v) is 8.01. The Morgan fingerprint density at radius 2 is 2.16 bits per heavy atom. The molecule has 0 amide bonds. The highest BCUT2D eigenvalue weighted by atomic mass is 31.2. The number of fused-ring (bicyclic) bond motifs is 1. The molecule has 1 fully saturated rings. The number of nitrogens with zero attached hydrogens (tertiary/aromatic N) is 4. The van der Waals surface area contributed by atoms with Gasteiger partial charge in [0.05, 0.1) is 17.9 Å². The molecule has 0 aliphatic carbocycles. The fraction of sp³-hybridized carbons (Fsp3) is 0.312. The molecule has 15 nitrogen and oxygen atoms in total. The maximum absolute atomic E-state index is 12.5. The topological polar surface area (TPSA) is 215 Å². The number of nitrogens with one attached hydrogen (secondary N) is 2. The Morgan fingerprint density at radius 1 is 1.41 bits per heavy atom. The quantitative estimate of drug-likeness (QED) is 0.182. The first-order valence-electron chi connectivity index (χ1n) is 9.14. The van der Waals surface area contributed by atoms with Crippen molar-refractivity contribution in [1.82, 2.24) is 19.5 Å². The molecular weight excluding hydrogens is 451 g/mol. The number of nitro benzene ring substituents is 1. The van der Waals surface area contributed by atoms with Gasteiger partial charge in [-0.25, -0.2) is 9.55 Å². The minimum absolute atomic E-state index is 0.0494. The van der Waals surface area contributed by atoms with Gasteiger partial charge in [0.25, 0.3) is 11.2 Å². The summed E-state index contributed by atoms with van der Waals surface area (Å²) in [5, 5.41) is 23.4. The van der Waals surface area contributed by atoms with Crippen LogP contribution in [0.15, 0.2) is 35.4 Å². The summed E-state index contributed by atoms with van der Waals surface area (Å²) < 4.78 is 22.8. The van der Waals surface area contributed by atoms with Gasteiger partial charge in [-0.3, -0.25) is 29.0 Å². The van der Waals surface area contributed by atoms with Crippen LogP contribution in [0.3, 0.4) is 0 Å². The van der Waals surface area contributed by atoms with Crippen LogP contribution in [0.5, 0.6) is 0 Å². The first-order chi connectivity index (χ1) is 15.2. The summed E-state index contributed by atoms with van der Waals surface area (Å²) in [6.45, 7) is -0.563. The number of para-hydroxylation sites is 2. The van der Waals surface area contributed by atoms with E-state index in [0.717, 1.165) is 0 Å². The average Bonchev–Trinajstić information content (AvgIpc) is 3.31. The fourth-order valence-electron chi connectivity index (χ4n) is 3.38. The highest BCUT2D eigenvalue weighted by molar-refractivity contribution is 7.46. The summed E-state index contributed by atoms with van der Waals surface area (Å²) in [5.41, 5.74) is -0.769. The second-order valence-electron chi connectivity index (χ2n) is 6.82. The standard InChI is InChI=1S/C16H17N6O9P/c23-6-11-10(31-32(27,28)29)5-12(30-11)21-7-17-13-14(21)19-16(20-15(13)24)18-8-3-1-2-4-9(8)22(25)26/h1-4,7,10-12,23H,5-6H2,(H2,27,28,29)(H2,18,19,20,24)/t10-,11+,12+/m0/s1. The van der Waals surface area contributed by atoms with Crippen molar-refractivity contribution in [2.24, 2.45) is 0 Å². The van der Waals surface area contributed by atoms with Gasteiger partial charge in [0.2, 0.25) is 5.95 Å². The van der Waals surface area contributed by atoms with E-state index in [2.05, 4.69) is 24.8 Å².